The zero-order chi connectivity index (χ0) is 22.8. The highest BCUT2D eigenvalue weighted by molar-refractivity contribution is 5.51. The van der Waals surface area contributed by atoms with Gasteiger partial charge in [-0.25, -0.2) is 15.0 Å². The Morgan fingerprint density at radius 2 is 1.79 bits per heavy atom. The van der Waals surface area contributed by atoms with Crippen molar-refractivity contribution in [2.24, 2.45) is 0 Å². The molecular formula is C25H29N5O3. The van der Waals surface area contributed by atoms with Crippen molar-refractivity contribution in [3.63, 3.8) is 0 Å². The third-order valence-electron chi connectivity index (χ3n) is 6.02. The Hall–Kier alpha value is -3.39. The molecule has 2 aliphatic heterocycles. The molecule has 5 rings (SSSR count). The molecular weight excluding hydrogens is 418 g/mol. The van der Waals surface area contributed by atoms with Gasteiger partial charge in [0.25, 0.3) is 0 Å². The van der Waals surface area contributed by atoms with E-state index in [1.165, 1.54) is 0 Å². The number of nitrogens with zero attached hydrogens (tertiary/aromatic N) is 4. The van der Waals surface area contributed by atoms with Crippen LogP contribution in [0, 0.1) is 13.8 Å². The lowest BCUT2D eigenvalue weighted by atomic mass is 10.1. The molecule has 3 aromatic rings. The molecule has 0 saturated carbocycles. The Morgan fingerprint density at radius 3 is 2.55 bits per heavy atom. The molecule has 1 N–H and O–H groups in total. The second-order valence-electron chi connectivity index (χ2n) is 8.48. The quantitative estimate of drug-likeness (QED) is 0.597. The van der Waals surface area contributed by atoms with Crippen LogP contribution in [0.2, 0.25) is 0 Å². The number of hydrogen-bond donors (Lipinski definition) is 1. The Morgan fingerprint density at radius 1 is 1.03 bits per heavy atom. The van der Waals surface area contributed by atoms with Crippen molar-refractivity contribution in [1.29, 1.82) is 0 Å². The van der Waals surface area contributed by atoms with Gasteiger partial charge >= 0.3 is 0 Å². The number of hydrogen-bond acceptors (Lipinski definition) is 8. The van der Waals surface area contributed by atoms with Gasteiger partial charge in [0.1, 0.15) is 24.8 Å². The number of nitrogens with one attached hydrogen (secondary N) is 1. The summed E-state index contributed by atoms with van der Waals surface area (Å²) < 4.78 is 17.2. The van der Waals surface area contributed by atoms with Crippen LogP contribution in [0.1, 0.15) is 41.5 Å². The second kappa shape index (κ2) is 9.23. The Labute approximate surface area is 193 Å². The molecule has 0 unspecified atom stereocenters. The van der Waals surface area contributed by atoms with Crippen molar-refractivity contribution >= 4 is 11.8 Å². The molecule has 2 aromatic heterocycles. The van der Waals surface area contributed by atoms with Gasteiger partial charge in [0.05, 0.1) is 18.8 Å². The molecule has 1 atom stereocenters. The number of anilines is 2. The lowest BCUT2D eigenvalue weighted by Gasteiger charge is -2.26. The third kappa shape index (κ3) is 4.71. The Bertz CT molecular complexity index is 1130. The van der Waals surface area contributed by atoms with Crippen LogP contribution in [0.5, 0.6) is 17.2 Å². The molecule has 172 valence electrons. The molecule has 1 fully saturated rings. The summed E-state index contributed by atoms with van der Waals surface area (Å²) in [5.41, 5.74) is 3.98. The minimum absolute atomic E-state index is 0.227. The maximum Gasteiger partial charge on any atom is 0.228 e. The Balaban J connectivity index is 1.36. The van der Waals surface area contributed by atoms with E-state index >= 15 is 0 Å². The van der Waals surface area contributed by atoms with Crippen molar-refractivity contribution in [1.82, 2.24) is 19.9 Å². The minimum atomic E-state index is 0.227. The number of aromatic nitrogens is 3. The lowest BCUT2D eigenvalue weighted by Crippen LogP contribution is -2.24. The van der Waals surface area contributed by atoms with Crippen LogP contribution in [0.15, 0.2) is 36.4 Å². The maximum absolute atomic E-state index is 5.80. The smallest absolute Gasteiger partial charge is 0.228 e. The highest BCUT2D eigenvalue weighted by Crippen LogP contribution is 2.39. The number of fused-ring (bicyclic) bond motifs is 1. The van der Waals surface area contributed by atoms with E-state index in [9.17, 15) is 0 Å². The maximum atomic E-state index is 5.80. The van der Waals surface area contributed by atoms with Crippen LogP contribution < -0.4 is 19.5 Å². The number of ether oxygens (including phenoxy) is 3. The van der Waals surface area contributed by atoms with Crippen LogP contribution in [0.3, 0.4) is 0 Å². The molecule has 0 amide bonds. The lowest BCUT2D eigenvalue weighted by molar-refractivity contribution is 0.169. The fraction of sp³-hybridized carbons (Fsp3) is 0.400. The number of methoxy groups -OCH3 is 1. The van der Waals surface area contributed by atoms with Gasteiger partial charge in [-0.15, -0.1) is 0 Å². The summed E-state index contributed by atoms with van der Waals surface area (Å²) in [5.74, 6) is 3.67. The first kappa shape index (κ1) is 21.5. The van der Waals surface area contributed by atoms with Gasteiger partial charge in [0, 0.05) is 29.6 Å². The number of pyridine rings is 1. The first-order valence-electron chi connectivity index (χ1n) is 11.4. The summed E-state index contributed by atoms with van der Waals surface area (Å²) >= 11 is 0. The van der Waals surface area contributed by atoms with E-state index in [-0.39, 0.29) is 6.04 Å². The van der Waals surface area contributed by atoms with Crippen molar-refractivity contribution in [2.75, 3.05) is 32.2 Å². The van der Waals surface area contributed by atoms with Crippen LogP contribution in [-0.2, 0) is 6.54 Å². The van der Waals surface area contributed by atoms with Crippen LogP contribution >= 0.6 is 0 Å². The average molecular weight is 448 g/mol. The van der Waals surface area contributed by atoms with Crippen LogP contribution in [0.25, 0.3) is 0 Å². The predicted octanol–water partition coefficient (Wildman–Crippen LogP) is 4.35. The molecule has 0 aliphatic carbocycles. The Kier molecular flexibility index (Phi) is 6.00. The molecule has 1 saturated heterocycles. The number of rotatable bonds is 6. The summed E-state index contributed by atoms with van der Waals surface area (Å²) in [6, 6.07) is 12.2. The number of benzene rings is 1. The van der Waals surface area contributed by atoms with Crippen LogP contribution in [-0.4, -0.2) is 46.7 Å². The van der Waals surface area contributed by atoms with Gasteiger partial charge in [-0.1, -0.05) is 6.07 Å². The molecule has 2 aliphatic rings. The van der Waals surface area contributed by atoms with Crippen molar-refractivity contribution in [3.05, 3.63) is 59.0 Å². The third-order valence-corrected chi connectivity index (χ3v) is 6.02. The second-order valence-corrected chi connectivity index (χ2v) is 8.48. The van der Waals surface area contributed by atoms with E-state index in [2.05, 4.69) is 26.3 Å². The topological polar surface area (TPSA) is 81.6 Å². The predicted molar refractivity (Wildman–Crippen MR) is 125 cm³/mol. The molecule has 33 heavy (non-hydrogen) atoms. The average Bonchev–Trinajstić information content (AvgIpc) is 3.26. The SMILES string of the molecule is COc1cc2c(cc1CN1CCC[C@@H]1c1cccc(Nc3nc(C)cc(C)n3)n1)OCCO2. The number of likely N-dealkylation sites (tertiary alicyclic amines) is 1. The van der Waals surface area contributed by atoms with E-state index in [0.717, 1.165) is 71.6 Å². The summed E-state index contributed by atoms with van der Waals surface area (Å²) in [6.45, 7) is 6.82. The zero-order valence-electron chi connectivity index (χ0n) is 19.3. The largest absolute Gasteiger partial charge is 0.496 e. The van der Waals surface area contributed by atoms with Gasteiger partial charge in [-0.3, -0.25) is 4.90 Å². The summed E-state index contributed by atoms with van der Waals surface area (Å²) in [7, 11) is 1.70. The highest BCUT2D eigenvalue weighted by Gasteiger charge is 2.29. The van der Waals surface area contributed by atoms with E-state index in [1.54, 1.807) is 7.11 Å². The molecule has 4 heterocycles. The van der Waals surface area contributed by atoms with Crippen molar-refractivity contribution in [3.8, 4) is 17.2 Å². The molecule has 0 radical (unpaired) electrons. The summed E-state index contributed by atoms with van der Waals surface area (Å²) in [5, 5.41) is 3.26. The van der Waals surface area contributed by atoms with Gasteiger partial charge < -0.3 is 19.5 Å². The minimum Gasteiger partial charge on any atom is -0.496 e. The normalized spacial score (nSPS) is 17.7. The van der Waals surface area contributed by atoms with E-state index < -0.39 is 0 Å². The van der Waals surface area contributed by atoms with Gasteiger partial charge in [0.2, 0.25) is 5.95 Å². The highest BCUT2D eigenvalue weighted by atomic mass is 16.6. The fourth-order valence-electron chi connectivity index (χ4n) is 4.60. The molecule has 0 spiro atoms. The standard InChI is InChI=1S/C25H29N5O3/c1-16-12-17(2)27-25(26-16)29-24-8-4-6-19(28-24)20-7-5-9-30(20)15-18-13-22-23(14-21(18)31-3)33-11-10-32-22/h4,6,8,12-14,20H,5,7,9-11,15H2,1-3H3,(H,26,27,28,29)/t20-/m1/s1. The van der Waals surface area contributed by atoms with Crippen molar-refractivity contribution < 1.29 is 14.2 Å². The fourth-order valence-corrected chi connectivity index (χ4v) is 4.60. The van der Waals surface area contributed by atoms with Gasteiger partial charge in [0.15, 0.2) is 11.5 Å². The van der Waals surface area contributed by atoms with Gasteiger partial charge in [-0.05, 0) is 57.5 Å². The number of aryl methyl sites for hydroxylation is 2. The molecule has 0 bridgehead atoms. The van der Waals surface area contributed by atoms with E-state index in [1.807, 2.05) is 44.2 Å². The van der Waals surface area contributed by atoms with Crippen LogP contribution in [0.4, 0.5) is 11.8 Å². The van der Waals surface area contributed by atoms with Crippen molar-refractivity contribution in [2.45, 2.75) is 39.3 Å². The first-order valence-corrected chi connectivity index (χ1v) is 11.4. The summed E-state index contributed by atoms with van der Waals surface area (Å²) in [6.07, 6.45) is 2.18. The van der Waals surface area contributed by atoms with E-state index in [0.29, 0.717) is 19.2 Å². The zero-order valence-corrected chi connectivity index (χ0v) is 19.3. The van der Waals surface area contributed by atoms with Gasteiger partial charge in [-0.2, -0.15) is 0 Å². The monoisotopic (exact) mass is 447 g/mol. The summed E-state index contributed by atoms with van der Waals surface area (Å²) in [4.78, 5) is 16.3. The first-order chi connectivity index (χ1) is 16.1. The molecule has 8 heteroatoms. The van der Waals surface area contributed by atoms with E-state index in [4.69, 9.17) is 19.2 Å². The molecule has 1 aromatic carbocycles. The molecule has 8 nitrogen and oxygen atoms in total.